The fourth-order valence-corrected chi connectivity index (χ4v) is 4.12. The van der Waals surface area contributed by atoms with Crippen molar-refractivity contribution in [1.82, 2.24) is 0 Å². The van der Waals surface area contributed by atoms with Gasteiger partial charge in [-0.25, -0.2) is 0 Å². The molecule has 0 bridgehead atoms. The number of ketones is 1. The van der Waals surface area contributed by atoms with Crippen molar-refractivity contribution in [2.75, 3.05) is 4.90 Å². The first-order valence-corrected chi connectivity index (χ1v) is 11.0. The van der Waals surface area contributed by atoms with Crippen LogP contribution in [0.5, 0.6) is 5.75 Å². The van der Waals surface area contributed by atoms with Crippen molar-refractivity contribution in [2.45, 2.75) is 39.8 Å². The summed E-state index contributed by atoms with van der Waals surface area (Å²) < 4.78 is 11.6. The first-order valence-electron chi connectivity index (χ1n) is 10.6. The van der Waals surface area contributed by atoms with Crippen LogP contribution in [0.3, 0.4) is 0 Å². The molecule has 3 aromatic rings. The zero-order chi connectivity index (χ0) is 23.9. The molecule has 1 unspecified atom stereocenters. The lowest BCUT2D eigenvalue weighted by Crippen LogP contribution is -2.29. The molecular formula is C26H24ClNO5. The number of anilines is 1. The third-order valence-electron chi connectivity index (χ3n) is 5.37. The molecule has 6 nitrogen and oxygen atoms in total. The summed E-state index contributed by atoms with van der Waals surface area (Å²) in [5.74, 6) is -0.186. The largest absolute Gasteiger partial charge is 0.507 e. The lowest BCUT2D eigenvalue weighted by Gasteiger charge is -2.23. The summed E-state index contributed by atoms with van der Waals surface area (Å²) in [5.41, 5.74) is 1.58. The van der Waals surface area contributed by atoms with E-state index in [-0.39, 0.29) is 17.4 Å². The molecule has 1 aromatic heterocycles. The molecule has 33 heavy (non-hydrogen) atoms. The molecule has 1 fully saturated rings. The Morgan fingerprint density at radius 1 is 1.09 bits per heavy atom. The Balaban J connectivity index is 1.88. The minimum atomic E-state index is -0.941. The summed E-state index contributed by atoms with van der Waals surface area (Å²) in [6, 6.07) is 14.3. The maximum atomic E-state index is 13.2. The summed E-state index contributed by atoms with van der Waals surface area (Å²) in [6.45, 7) is 7.48. The number of rotatable bonds is 5. The van der Waals surface area contributed by atoms with Gasteiger partial charge in [0.25, 0.3) is 11.7 Å². The van der Waals surface area contributed by atoms with E-state index in [0.29, 0.717) is 33.5 Å². The van der Waals surface area contributed by atoms with Gasteiger partial charge in [0.2, 0.25) is 0 Å². The van der Waals surface area contributed by atoms with E-state index >= 15 is 0 Å². The molecule has 1 aliphatic heterocycles. The standard InChI is InChI=1S/C26H24ClNO5/c1-14(2)32-20-11-9-17(12-15(20)3)24(29)22-23(21-10-8-16(4)33-21)28(26(31)25(22)30)19-7-5-6-18(27)13-19/h5-14,23,29H,1-4H3/b24-22-. The molecule has 2 heterocycles. The number of Topliss-reactive ketones (excluding diaryl/α,β-unsaturated/α-hetero) is 1. The van der Waals surface area contributed by atoms with Crippen molar-refractivity contribution in [3.63, 3.8) is 0 Å². The molecule has 2 aromatic carbocycles. The van der Waals surface area contributed by atoms with Crippen LogP contribution in [0.15, 0.2) is 64.6 Å². The molecule has 0 radical (unpaired) electrons. The van der Waals surface area contributed by atoms with Gasteiger partial charge < -0.3 is 14.3 Å². The average Bonchev–Trinajstić information content (AvgIpc) is 3.30. The summed E-state index contributed by atoms with van der Waals surface area (Å²) in [6.07, 6.45) is -0.00615. The van der Waals surface area contributed by atoms with Crippen molar-refractivity contribution >= 4 is 34.7 Å². The highest BCUT2D eigenvalue weighted by atomic mass is 35.5. The van der Waals surface area contributed by atoms with Crippen LogP contribution in [0.2, 0.25) is 5.02 Å². The van der Waals surface area contributed by atoms with E-state index in [1.165, 1.54) is 4.90 Å². The topological polar surface area (TPSA) is 80.0 Å². The smallest absolute Gasteiger partial charge is 0.300 e. The van der Waals surface area contributed by atoms with E-state index in [1.54, 1.807) is 61.5 Å². The number of aliphatic hydroxyl groups is 1. The van der Waals surface area contributed by atoms with E-state index < -0.39 is 17.7 Å². The van der Waals surface area contributed by atoms with Gasteiger partial charge in [0.15, 0.2) is 0 Å². The molecule has 170 valence electrons. The Bertz CT molecular complexity index is 1270. The zero-order valence-corrected chi connectivity index (χ0v) is 19.5. The fourth-order valence-electron chi connectivity index (χ4n) is 3.93. The molecule has 0 aliphatic carbocycles. The van der Waals surface area contributed by atoms with Gasteiger partial charge in [-0.15, -0.1) is 0 Å². The van der Waals surface area contributed by atoms with Crippen LogP contribution in [0.1, 0.15) is 42.5 Å². The zero-order valence-electron chi connectivity index (χ0n) is 18.8. The first kappa shape index (κ1) is 22.7. The highest BCUT2D eigenvalue weighted by molar-refractivity contribution is 6.51. The van der Waals surface area contributed by atoms with Crippen molar-refractivity contribution in [2.24, 2.45) is 0 Å². The third-order valence-corrected chi connectivity index (χ3v) is 5.61. The minimum Gasteiger partial charge on any atom is -0.507 e. The molecule has 0 saturated carbocycles. The number of amides is 1. The van der Waals surface area contributed by atoms with Gasteiger partial charge >= 0.3 is 0 Å². The highest BCUT2D eigenvalue weighted by Crippen LogP contribution is 2.43. The van der Waals surface area contributed by atoms with E-state index in [0.717, 1.165) is 5.56 Å². The van der Waals surface area contributed by atoms with Crippen molar-refractivity contribution in [3.8, 4) is 5.75 Å². The van der Waals surface area contributed by atoms with E-state index in [2.05, 4.69) is 0 Å². The Morgan fingerprint density at radius 2 is 1.85 bits per heavy atom. The second-order valence-electron chi connectivity index (χ2n) is 8.24. The van der Waals surface area contributed by atoms with Crippen molar-refractivity contribution < 1.29 is 23.8 Å². The van der Waals surface area contributed by atoms with Crippen LogP contribution in [0.4, 0.5) is 5.69 Å². The molecule has 1 saturated heterocycles. The summed E-state index contributed by atoms with van der Waals surface area (Å²) in [4.78, 5) is 27.6. The Labute approximate surface area is 197 Å². The maximum Gasteiger partial charge on any atom is 0.300 e. The van der Waals surface area contributed by atoms with E-state index in [9.17, 15) is 14.7 Å². The van der Waals surface area contributed by atoms with Crippen LogP contribution < -0.4 is 9.64 Å². The fraction of sp³-hybridized carbons (Fsp3) is 0.231. The molecule has 0 spiro atoms. The molecule has 1 N–H and O–H groups in total. The predicted octanol–water partition coefficient (Wildman–Crippen LogP) is 5.96. The second kappa shape index (κ2) is 8.79. The number of benzene rings is 2. The van der Waals surface area contributed by atoms with Gasteiger partial charge in [0.05, 0.1) is 11.7 Å². The van der Waals surface area contributed by atoms with Gasteiger partial charge in [0.1, 0.15) is 29.1 Å². The monoisotopic (exact) mass is 465 g/mol. The first-order chi connectivity index (χ1) is 15.7. The molecular weight excluding hydrogens is 442 g/mol. The SMILES string of the molecule is Cc1ccc(C2/C(=C(/O)c3ccc(OC(C)C)c(C)c3)C(=O)C(=O)N2c2cccc(Cl)c2)o1. The Hall–Kier alpha value is -3.51. The van der Waals surface area contributed by atoms with Gasteiger partial charge in [0, 0.05) is 16.3 Å². The van der Waals surface area contributed by atoms with E-state index in [1.807, 2.05) is 20.8 Å². The number of carbonyl (C=O) groups excluding carboxylic acids is 2. The highest BCUT2D eigenvalue weighted by Gasteiger charge is 2.48. The van der Waals surface area contributed by atoms with Gasteiger partial charge in [-0.3, -0.25) is 14.5 Å². The van der Waals surface area contributed by atoms with Gasteiger partial charge in [-0.1, -0.05) is 17.7 Å². The summed E-state index contributed by atoms with van der Waals surface area (Å²) in [5, 5.41) is 11.7. The number of ether oxygens (including phenoxy) is 1. The van der Waals surface area contributed by atoms with Crippen LogP contribution in [0, 0.1) is 13.8 Å². The van der Waals surface area contributed by atoms with Crippen LogP contribution >= 0.6 is 11.6 Å². The van der Waals surface area contributed by atoms with Gasteiger partial charge in [-0.2, -0.15) is 0 Å². The normalized spacial score (nSPS) is 17.8. The minimum absolute atomic E-state index is 0.00615. The van der Waals surface area contributed by atoms with Crippen LogP contribution in [0.25, 0.3) is 5.76 Å². The Morgan fingerprint density at radius 3 is 2.45 bits per heavy atom. The summed E-state index contributed by atoms with van der Waals surface area (Å²) in [7, 11) is 0. The molecule has 1 atom stereocenters. The Kier molecular flexibility index (Phi) is 6.04. The van der Waals surface area contributed by atoms with Crippen molar-refractivity contribution in [3.05, 3.63) is 87.8 Å². The predicted molar refractivity (Wildman–Crippen MR) is 127 cm³/mol. The van der Waals surface area contributed by atoms with E-state index in [4.69, 9.17) is 20.8 Å². The average molecular weight is 466 g/mol. The number of hydrogen-bond donors (Lipinski definition) is 1. The lowest BCUT2D eigenvalue weighted by atomic mass is 9.98. The number of aryl methyl sites for hydroxylation is 2. The molecule has 1 aliphatic rings. The maximum absolute atomic E-state index is 13.2. The van der Waals surface area contributed by atoms with Crippen molar-refractivity contribution in [1.29, 1.82) is 0 Å². The van der Waals surface area contributed by atoms with Crippen LogP contribution in [-0.4, -0.2) is 22.9 Å². The number of aliphatic hydroxyl groups excluding tert-OH is 1. The third kappa shape index (κ3) is 4.26. The number of furan rings is 1. The van der Waals surface area contributed by atoms with Gasteiger partial charge in [-0.05, 0) is 81.8 Å². The number of carbonyl (C=O) groups is 2. The number of nitrogens with zero attached hydrogens (tertiary/aromatic N) is 1. The number of hydrogen-bond acceptors (Lipinski definition) is 5. The van der Waals surface area contributed by atoms with Crippen LogP contribution in [-0.2, 0) is 9.59 Å². The molecule has 4 rings (SSSR count). The molecule has 7 heteroatoms. The lowest BCUT2D eigenvalue weighted by molar-refractivity contribution is -0.132. The second-order valence-corrected chi connectivity index (χ2v) is 8.68. The number of halogens is 1. The summed E-state index contributed by atoms with van der Waals surface area (Å²) >= 11 is 6.15. The molecule has 1 amide bonds. The quantitative estimate of drug-likeness (QED) is 0.285.